The van der Waals surface area contributed by atoms with Gasteiger partial charge in [0.1, 0.15) is 18.0 Å². The lowest BCUT2D eigenvalue weighted by Gasteiger charge is -2.26. The maximum atomic E-state index is 13.3. The molecule has 1 aliphatic rings. The molecule has 0 bridgehead atoms. The van der Waals surface area contributed by atoms with Crippen LogP contribution < -0.4 is 19.7 Å². The highest BCUT2D eigenvalue weighted by atomic mass is 35.5. The maximum absolute atomic E-state index is 13.3. The monoisotopic (exact) mass is 538 g/mol. The van der Waals surface area contributed by atoms with Crippen LogP contribution in [0.5, 0.6) is 11.5 Å². The molecule has 2 N–H and O–H groups in total. The minimum atomic E-state index is -1.07. The quantitative estimate of drug-likeness (QED) is 0.311. The van der Waals surface area contributed by atoms with E-state index in [1.807, 2.05) is 0 Å². The smallest absolute Gasteiger partial charge is 0.335 e. The third kappa shape index (κ3) is 5.65. The van der Waals surface area contributed by atoms with Gasteiger partial charge in [-0.3, -0.25) is 14.9 Å². The number of imide groups is 2. The average Bonchev–Trinajstić information content (AvgIpc) is 2.87. The maximum Gasteiger partial charge on any atom is 0.335 e. The van der Waals surface area contributed by atoms with Gasteiger partial charge in [-0.05, 0) is 72.7 Å². The van der Waals surface area contributed by atoms with Gasteiger partial charge in [-0.15, -0.1) is 0 Å². The van der Waals surface area contributed by atoms with E-state index in [0.717, 1.165) is 17.0 Å². The van der Waals surface area contributed by atoms with E-state index in [-0.39, 0.29) is 46.6 Å². The SMILES string of the molecule is CCOc1cc(/C=C2\C(=O)NC(=O)N(c3ccc(F)cc3)C2=O)cc(Cl)c1OCc1cccc(C(=O)O)c1. The molecule has 1 aliphatic heterocycles. The predicted molar refractivity (Wildman–Crippen MR) is 136 cm³/mol. The van der Waals surface area contributed by atoms with Crippen LogP contribution in [0.3, 0.4) is 0 Å². The summed E-state index contributed by atoms with van der Waals surface area (Å²) in [6.07, 6.45) is 1.25. The summed E-state index contributed by atoms with van der Waals surface area (Å²) in [4.78, 5) is 49.9. The van der Waals surface area contributed by atoms with Gasteiger partial charge in [0.05, 0.1) is 22.9 Å². The van der Waals surface area contributed by atoms with Crippen LogP contribution in [-0.2, 0) is 16.2 Å². The number of carbonyl (C=O) groups is 4. The van der Waals surface area contributed by atoms with Gasteiger partial charge in [0.2, 0.25) is 0 Å². The summed E-state index contributed by atoms with van der Waals surface area (Å²) in [5, 5.41) is 11.4. The number of barbiturate groups is 1. The number of hydrogen-bond acceptors (Lipinski definition) is 6. The summed E-state index contributed by atoms with van der Waals surface area (Å²) < 4.78 is 24.8. The number of carbonyl (C=O) groups excluding carboxylic acids is 3. The number of anilines is 1. The topological polar surface area (TPSA) is 122 Å². The highest BCUT2D eigenvalue weighted by Gasteiger charge is 2.37. The minimum absolute atomic E-state index is 0.00299. The Hall–Kier alpha value is -4.70. The number of nitrogens with zero attached hydrogens (tertiary/aromatic N) is 1. The zero-order chi connectivity index (χ0) is 27.4. The van der Waals surface area contributed by atoms with Crippen molar-refractivity contribution in [2.24, 2.45) is 0 Å². The molecule has 4 amide bonds. The van der Waals surface area contributed by atoms with Crippen LogP contribution >= 0.6 is 11.6 Å². The Kier molecular flexibility index (Phi) is 7.73. The Morgan fingerprint density at radius 1 is 1.08 bits per heavy atom. The minimum Gasteiger partial charge on any atom is -0.490 e. The van der Waals surface area contributed by atoms with E-state index in [9.17, 15) is 28.7 Å². The number of carboxylic acids is 1. The van der Waals surface area contributed by atoms with Crippen LogP contribution in [0.1, 0.15) is 28.4 Å². The van der Waals surface area contributed by atoms with Crippen LogP contribution in [0.15, 0.2) is 66.2 Å². The first-order valence-corrected chi connectivity index (χ1v) is 11.6. The molecule has 9 nitrogen and oxygen atoms in total. The molecule has 38 heavy (non-hydrogen) atoms. The van der Waals surface area contributed by atoms with Crippen molar-refractivity contribution in [1.29, 1.82) is 0 Å². The van der Waals surface area contributed by atoms with Gasteiger partial charge in [-0.2, -0.15) is 0 Å². The van der Waals surface area contributed by atoms with Crippen molar-refractivity contribution in [1.82, 2.24) is 5.32 Å². The summed E-state index contributed by atoms with van der Waals surface area (Å²) in [6, 6.07) is 12.8. The van der Waals surface area contributed by atoms with E-state index >= 15 is 0 Å². The normalized spacial score (nSPS) is 14.4. The summed E-state index contributed by atoms with van der Waals surface area (Å²) >= 11 is 6.46. The number of hydrogen-bond donors (Lipinski definition) is 2. The first kappa shape index (κ1) is 26.4. The number of nitrogens with one attached hydrogen (secondary N) is 1. The number of amides is 4. The predicted octanol–water partition coefficient (Wildman–Crippen LogP) is 4.82. The van der Waals surface area contributed by atoms with Gasteiger partial charge in [-0.25, -0.2) is 18.9 Å². The lowest BCUT2D eigenvalue weighted by atomic mass is 10.1. The fourth-order valence-corrected chi connectivity index (χ4v) is 3.95. The molecule has 0 saturated carbocycles. The highest BCUT2D eigenvalue weighted by molar-refractivity contribution is 6.39. The number of rotatable bonds is 8. The van der Waals surface area contributed by atoms with Crippen molar-refractivity contribution in [2.45, 2.75) is 13.5 Å². The molecule has 0 aromatic heterocycles. The second-order valence-electron chi connectivity index (χ2n) is 7.99. The number of urea groups is 1. The third-order valence-electron chi connectivity index (χ3n) is 5.39. The first-order chi connectivity index (χ1) is 18.2. The fourth-order valence-electron chi connectivity index (χ4n) is 3.67. The van der Waals surface area contributed by atoms with Gasteiger partial charge in [0, 0.05) is 0 Å². The number of halogens is 2. The molecule has 3 aromatic carbocycles. The van der Waals surface area contributed by atoms with Crippen LogP contribution in [0.4, 0.5) is 14.9 Å². The van der Waals surface area contributed by atoms with Crippen molar-refractivity contribution in [3.05, 3.63) is 93.8 Å². The molecule has 0 atom stereocenters. The Morgan fingerprint density at radius 2 is 1.82 bits per heavy atom. The fraction of sp³-hybridized carbons (Fsp3) is 0.111. The molecule has 0 radical (unpaired) electrons. The first-order valence-electron chi connectivity index (χ1n) is 11.3. The Bertz CT molecular complexity index is 1470. The van der Waals surface area contributed by atoms with Crippen molar-refractivity contribution < 1.29 is 38.1 Å². The molecule has 1 fully saturated rings. The summed E-state index contributed by atoms with van der Waals surface area (Å²) in [7, 11) is 0. The number of ether oxygens (including phenoxy) is 2. The van der Waals surface area contributed by atoms with Gasteiger partial charge < -0.3 is 14.6 Å². The molecule has 1 heterocycles. The van der Waals surface area contributed by atoms with Crippen LogP contribution in [0.2, 0.25) is 5.02 Å². The number of aromatic carboxylic acids is 1. The van der Waals surface area contributed by atoms with E-state index < -0.39 is 29.6 Å². The summed E-state index contributed by atoms with van der Waals surface area (Å²) in [5.41, 5.74) is 0.727. The molecule has 0 unspecified atom stereocenters. The van der Waals surface area contributed by atoms with Gasteiger partial charge >= 0.3 is 12.0 Å². The van der Waals surface area contributed by atoms with Gasteiger partial charge in [0.25, 0.3) is 11.8 Å². The molecular formula is C27H20ClFN2O7. The molecule has 194 valence electrons. The number of benzene rings is 3. The van der Waals surface area contributed by atoms with Crippen molar-refractivity contribution >= 4 is 47.2 Å². The second kappa shape index (κ2) is 11.1. The standard InChI is InChI=1S/C27H20ClFN2O7/c1-2-37-22-13-16(12-21(28)23(22)38-14-15-4-3-5-17(10-15)26(34)35)11-20-24(32)30-27(36)31(25(20)33)19-8-6-18(29)7-9-19/h3-13H,2,14H2,1H3,(H,34,35)(H,30,32,36)/b20-11+. The van der Waals surface area contributed by atoms with E-state index in [2.05, 4.69) is 5.32 Å². The molecular weight excluding hydrogens is 519 g/mol. The lowest BCUT2D eigenvalue weighted by molar-refractivity contribution is -0.122. The lowest BCUT2D eigenvalue weighted by Crippen LogP contribution is -2.54. The molecule has 0 aliphatic carbocycles. The molecule has 3 aromatic rings. The van der Waals surface area contributed by atoms with E-state index in [4.69, 9.17) is 21.1 Å². The highest BCUT2D eigenvalue weighted by Crippen LogP contribution is 2.38. The molecule has 4 rings (SSSR count). The Labute approximate surface area is 221 Å². The van der Waals surface area contributed by atoms with E-state index in [1.54, 1.807) is 19.1 Å². The van der Waals surface area contributed by atoms with E-state index in [0.29, 0.717) is 11.1 Å². The summed E-state index contributed by atoms with van der Waals surface area (Å²) in [6.45, 7) is 1.98. The van der Waals surface area contributed by atoms with Crippen LogP contribution in [0, 0.1) is 5.82 Å². The second-order valence-corrected chi connectivity index (χ2v) is 8.40. The zero-order valence-electron chi connectivity index (χ0n) is 19.9. The number of carboxylic acid groups (broad SMARTS) is 1. The van der Waals surface area contributed by atoms with Crippen molar-refractivity contribution in [3.63, 3.8) is 0 Å². The zero-order valence-corrected chi connectivity index (χ0v) is 20.6. The van der Waals surface area contributed by atoms with Gasteiger partial charge in [0.15, 0.2) is 11.5 Å². The molecule has 11 heteroatoms. The molecule has 1 saturated heterocycles. The van der Waals surface area contributed by atoms with Crippen LogP contribution in [-0.4, -0.2) is 35.5 Å². The largest absolute Gasteiger partial charge is 0.490 e. The average molecular weight is 539 g/mol. The summed E-state index contributed by atoms with van der Waals surface area (Å²) in [5.74, 6) is -3.04. The Balaban J connectivity index is 1.64. The third-order valence-corrected chi connectivity index (χ3v) is 5.67. The van der Waals surface area contributed by atoms with Crippen molar-refractivity contribution in [2.75, 3.05) is 11.5 Å². The van der Waals surface area contributed by atoms with Crippen molar-refractivity contribution in [3.8, 4) is 11.5 Å². The van der Waals surface area contributed by atoms with Crippen LogP contribution in [0.25, 0.3) is 6.08 Å². The van der Waals surface area contributed by atoms with Gasteiger partial charge in [-0.1, -0.05) is 23.7 Å². The Morgan fingerprint density at radius 3 is 2.50 bits per heavy atom. The molecule has 0 spiro atoms. The van der Waals surface area contributed by atoms with E-state index in [1.165, 1.54) is 42.5 Å².